The van der Waals surface area contributed by atoms with Crippen molar-refractivity contribution in [1.29, 1.82) is 0 Å². The molecule has 0 spiro atoms. The minimum atomic E-state index is -0.540. The summed E-state index contributed by atoms with van der Waals surface area (Å²) in [6.45, 7) is 0. The predicted octanol–water partition coefficient (Wildman–Crippen LogP) is 3.00. The summed E-state index contributed by atoms with van der Waals surface area (Å²) >= 11 is 6.10. The minimum absolute atomic E-state index is 0.145. The van der Waals surface area contributed by atoms with Crippen LogP contribution < -0.4 is 21.3 Å². The summed E-state index contributed by atoms with van der Waals surface area (Å²) in [5.41, 5.74) is 0.282. The SMILES string of the molecule is COc1ccc(NC(=O)c2cnc3c(c2)c(=O)n(C)c(=O)n3-c2ccccc2)cc1Cl. The molecule has 0 radical (unpaired) electrons. The summed E-state index contributed by atoms with van der Waals surface area (Å²) < 4.78 is 7.42. The molecule has 0 saturated heterocycles. The fourth-order valence-corrected chi connectivity index (χ4v) is 3.44. The first-order valence-electron chi connectivity index (χ1n) is 9.23. The lowest BCUT2D eigenvalue weighted by Gasteiger charge is -2.12. The van der Waals surface area contributed by atoms with Crippen LogP contribution in [0.25, 0.3) is 16.7 Å². The monoisotopic (exact) mass is 436 g/mol. The van der Waals surface area contributed by atoms with Gasteiger partial charge in [-0.15, -0.1) is 0 Å². The number of anilines is 1. The van der Waals surface area contributed by atoms with Gasteiger partial charge in [-0.05, 0) is 36.4 Å². The van der Waals surface area contributed by atoms with Gasteiger partial charge in [0.2, 0.25) is 0 Å². The molecule has 0 fully saturated rings. The lowest BCUT2D eigenvalue weighted by atomic mass is 10.2. The Labute approximate surface area is 181 Å². The van der Waals surface area contributed by atoms with Crippen LogP contribution in [-0.2, 0) is 7.05 Å². The topological polar surface area (TPSA) is 95.2 Å². The highest BCUT2D eigenvalue weighted by Crippen LogP contribution is 2.27. The van der Waals surface area contributed by atoms with Gasteiger partial charge in [0.25, 0.3) is 11.5 Å². The molecule has 1 amide bonds. The molecule has 0 unspecified atom stereocenters. The number of hydrogen-bond acceptors (Lipinski definition) is 5. The van der Waals surface area contributed by atoms with Gasteiger partial charge < -0.3 is 10.1 Å². The number of halogens is 1. The van der Waals surface area contributed by atoms with Crippen LogP contribution in [0.4, 0.5) is 5.69 Å². The number of nitrogens with one attached hydrogen (secondary N) is 1. The number of nitrogens with zero attached hydrogens (tertiary/aromatic N) is 3. The van der Waals surface area contributed by atoms with Crippen LogP contribution in [0.5, 0.6) is 5.75 Å². The van der Waals surface area contributed by atoms with E-state index in [0.717, 1.165) is 4.57 Å². The fourth-order valence-electron chi connectivity index (χ4n) is 3.18. The van der Waals surface area contributed by atoms with Crippen LogP contribution in [0, 0.1) is 0 Å². The van der Waals surface area contributed by atoms with Crippen LogP contribution in [0.15, 0.2) is 70.4 Å². The van der Waals surface area contributed by atoms with Gasteiger partial charge in [0.05, 0.1) is 28.8 Å². The Morgan fingerprint density at radius 3 is 2.52 bits per heavy atom. The molecule has 2 aromatic carbocycles. The number of hydrogen-bond donors (Lipinski definition) is 1. The Balaban J connectivity index is 1.79. The standard InChI is InChI=1S/C22H17ClN4O4/c1-26-21(29)16-10-13(20(28)25-14-8-9-18(31-2)17(23)11-14)12-24-19(16)27(22(26)30)15-6-4-3-5-7-15/h3-12H,1-2H3,(H,25,28). The first kappa shape index (κ1) is 20.4. The average molecular weight is 437 g/mol. The van der Waals surface area contributed by atoms with E-state index in [-0.39, 0.29) is 16.6 Å². The maximum absolute atomic E-state index is 12.7. The van der Waals surface area contributed by atoms with Gasteiger partial charge >= 0.3 is 5.69 Å². The van der Waals surface area contributed by atoms with Crippen molar-refractivity contribution in [3.63, 3.8) is 0 Å². The van der Waals surface area contributed by atoms with Crippen LogP contribution in [0.3, 0.4) is 0 Å². The van der Waals surface area contributed by atoms with Gasteiger partial charge in [-0.25, -0.2) is 14.3 Å². The zero-order chi connectivity index (χ0) is 22.1. The number of amides is 1. The molecule has 31 heavy (non-hydrogen) atoms. The van der Waals surface area contributed by atoms with Gasteiger partial charge in [0.15, 0.2) is 5.65 Å². The minimum Gasteiger partial charge on any atom is -0.495 e. The zero-order valence-electron chi connectivity index (χ0n) is 16.6. The number of rotatable bonds is 4. The molecule has 2 aromatic heterocycles. The smallest absolute Gasteiger partial charge is 0.337 e. The van der Waals surface area contributed by atoms with E-state index < -0.39 is 17.2 Å². The van der Waals surface area contributed by atoms with Gasteiger partial charge in [-0.1, -0.05) is 29.8 Å². The Morgan fingerprint density at radius 2 is 1.84 bits per heavy atom. The van der Waals surface area contributed by atoms with Crippen molar-refractivity contribution >= 4 is 34.2 Å². The molecular formula is C22H17ClN4O4. The number of pyridine rings is 1. The van der Waals surface area contributed by atoms with Crippen molar-refractivity contribution in [2.75, 3.05) is 12.4 Å². The molecule has 0 bridgehead atoms. The quantitative estimate of drug-likeness (QED) is 0.530. The van der Waals surface area contributed by atoms with Crippen molar-refractivity contribution in [3.8, 4) is 11.4 Å². The van der Waals surface area contributed by atoms with Crippen molar-refractivity contribution in [2.45, 2.75) is 0 Å². The van der Waals surface area contributed by atoms with Gasteiger partial charge in [-0.2, -0.15) is 0 Å². The summed E-state index contributed by atoms with van der Waals surface area (Å²) in [7, 11) is 2.88. The summed E-state index contributed by atoms with van der Waals surface area (Å²) in [6.07, 6.45) is 1.32. The van der Waals surface area contributed by atoms with Gasteiger partial charge in [-0.3, -0.25) is 14.2 Å². The summed E-state index contributed by atoms with van der Waals surface area (Å²) in [6, 6.07) is 15.1. The molecule has 8 nitrogen and oxygen atoms in total. The molecule has 0 saturated carbocycles. The summed E-state index contributed by atoms with van der Waals surface area (Å²) in [5, 5.41) is 3.20. The second kappa shape index (κ2) is 8.08. The molecule has 4 aromatic rings. The molecule has 1 N–H and O–H groups in total. The maximum atomic E-state index is 12.7. The summed E-state index contributed by atoms with van der Waals surface area (Å²) in [4.78, 5) is 42.5. The third-order valence-corrected chi connectivity index (χ3v) is 5.07. The Bertz CT molecular complexity index is 1430. The number of aromatic nitrogens is 3. The number of fused-ring (bicyclic) bond motifs is 1. The van der Waals surface area contributed by atoms with Crippen LogP contribution in [0.1, 0.15) is 10.4 Å². The molecule has 0 aliphatic rings. The van der Waals surface area contributed by atoms with Gasteiger partial charge in [0.1, 0.15) is 5.75 Å². The van der Waals surface area contributed by atoms with Crippen LogP contribution in [0.2, 0.25) is 5.02 Å². The fraction of sp³-hybridized carbons (Fsp3) is 0.0909. The highest BCUT2D eigenvalue weighted by molar-refractivity contribution is 6.32. The Kier molecular flexibility index (Phi) is 5.31. The van der Waals surface area contributed by atoms with Crippen molar-refractivity contribution in [1.82, 2.24) is 14.1 Å². The highest BCUT2D eigenvalue weighted by atomic mass is 35.5. The number of ether oxygens (including phenoxy) is 1. The molecule has 0 aliphatic heterocycles. The van der Waals surface area contributed by atoms with E-state index >= 15 is 0 Å². The van der Waals surface area contributed by atoms with E-state index in [1.165, 1.54) is 31.0 Å². The highest BCUT2D eigenvalue weighted by Gasteiger charge is 2.16. The zero-order valence-corrected chi connectivity index (χ0v) is 17.4. The second-order valence-corrected chi connectivity index (χ2v) is 7.12. The lowest BCUT2D eigenvalue weighted by Crippen LogP contribution is -2.38. The number of carbonyl (C=O) groups is 1. The molecule has 156 valence electrons. The third-order valence-electron chi connectivity index (χ3n) is 4.78. The number of methoxy groups -OCH3 is 1. The Hall–Kier alpha value is -3.91. The first-order valence-corrected chi connectivity index (χ1v) is 9.60. The second-order valence-electron chi connectivity index (χ2n) is 6.72. The molecule has 0 atom stereocenters. The van der Waals surface area contributed by atoms with Crippen molar-refractivity contribution in [3.05, 3.63) is 92.2 Å². The lowest BCUT2D eigenvalue weighted by molar-refractivity contribution is 0.102. The normalized spacial score (nSPS) is 10.8. The average Bonchev–Trinajstić information content (AvgIpc) is 2.78. The van der Waals surface area contributed by atoms with Crippen LogP contribution in [-0.4, -0.2) is 27.1 Å². The van der Waals surface area contributed by atoms with Crippen molar-refractivity contribution < 1.29 is 9.53 Å². The van der Waals surface area contributed by atoms with E-state index in [0.29, 0.717) is 22.1 Å². The van der Waals surface area contributed by atoms with E-state index in [1.54, 1.807) is 42.5 Å². The molecular weight excluding hydrogens is 420 g/mol. The summed E-state index contributed by atoms with van der Waals surface area (Å²) in [5.74, 6) is 0.00423. The number of para-hydroxylation sites is 1. The van der Waals surface area contributed by atoms with Gasteiger partial charge in [0, 0.05) is 18.9 Å². The van der Waals surface area contributed by atoms with Crippen LogP contribution >= 0.6 is 11.6 Å². The molecule has 0 aliphatic carbocycles. The molecule has 9 heteroatoms. The van der Waals surface area contributed by atoms with E-state index in [4.69, 9.17) is 16.3 Å². The maximum Gasteiger partial charge on any atom is 0.337 e. The number of carbonyl (C=O) groups excluding carboxylic acids is 1. The molecule has 4 rings (SSSR count). The number of benzene rings is 2. The van der Waals surface area contributed by atoms with E-state index in [2.05, 4.69) is 10.3 Å². The van der Waals surface area contributed by atoms with E-state index in [1.807, 2.05) is 6.07 Å². The largest absolute Gasteiger partial charge is 0.495 e. The van der Waals surface area contributed by atoms with Crippen molar-refractivity contribution in [2.24, 2.45) is 7.05 Å². The predicted molar refractivity (Wildman–Crippen MR) is 119 cm³/mol. The Morgan fingerprint density at radius 1 is 1.10 bits per heavy atom. The molecule has 2 heterocycles. The first-order chi connectivity index (χ1) is 14.9. The van der Waals surface area contributed by atoms with E-state index in [9.17, 15) is 14.4 Å². The third kappa shape index (κ3) is 3.69.